The summed E-state index contributed by atoms with van der Waals surface area (Å²) >= 11 is 0. The van der Waals surface area contributed by atoms with Gasteiger partial charge in [0.1, 0.15) is 0 Å². The summed E-state index contributed by atoms with van der Waals surface area (Å²) in [5.41, 5.74) is 1.19. The van der Waals surface area contributed by atoms with Crippen molar-refractivity contribution in [3.05, 3.63) is 35.9 Å². The normalized spacial score (nSPS) is 17.0. The minimum atomic E-state index is 0.409. The Hall–Kier alpha value is -1.31. The van der Waals surface area contributed by atoms with Gasteiger partial charge in [-0.15, -0.1) is 0 Å². The highest BCUT2D eigenvalue weighted by molar-refractivity contribution is 5.49. The van der Waals surface area contributed by atoms with E-state index in [0.717, 1.165) is 12.8 Å². The van der Waals surface area contributed by atoms with Gasteiger partial charge in [-0.05, 0) is 18.4 Å². The van der Waals surface area contributed by atoms with Crippen LogP contribution in [0, 0.1) is 0 Å². The van der Waals surface area contributed by atoms with E-state index in [1.54, 1.807) is 0 Å². The molecule has 0 N–H and O–H groups in total. The Labute approximate surface area is 97.3 Å². The van der Waals surface area contributed by atoms with E-state index in [1.165, 1.54) is 24.8 Å². The van der Waals surface area contributed by atoms with Crippen molar-refractivity contribution < 1.29 is 4.79 Å². The van der Waals surface area contributed by atoms with Gasteiger partial charge in [-0.3, -0.25) is 4.79 Å². The van der Waals surface area contributed by atoms with Gasteiger partial charge >= 0.3 is 6.41 Å². The molecule has 0 saturated heterocycles. The lowest BCUT2D eigenvalue weighted by molar-refractivity contribution is 0.228. The van der Waals surface area contributed by atoms with Crippen molar-refractivity contribution >= 4 is 6.41 Å². The summed E-state index contributed by atoms with van der Waals surface area (Å²) in [5, 5.41) is 0. The van der Waals surface area contributed by atoms with Crippen molar-refractivity contribution in [2.75, 3.05) is 0 Å². The third kappa shape index (κ3) is 2.84. The minimum absolute atomic E-state index is 0.409. The molecule has 1 aliphatic carbocycles. The lowest BCUT2D eigenvalue weighted by Gasteiger charge is -2.30. The second-order valence-electron chi connectivity index (χ2n) is 4.50. The van der Waals surface area contributed by atoms with E-state index in [-0.39, 0.29) is 0 Å². The Morgan fingerprint density at radius 1 is 1.12 bits per heavy atom. The summed E-state index contributed by atoms with van der Waals surface area (Å²) in [6.07, 6.45) is 8.19. The van der Waals surface area contributed by atoms with E-state index in [9.17, 15) is 4.79 Å². The molecule has 2 nitrogen and oxygen atoms in total. The van der Waals surface area contributed by atoms with Crippen molar-refractivity contribution in [2.24, 2.45) is 0 Å². The third-order valence-corrected chi connectivity index (χ3v) is 3.33. The molecule has 0 bridgehead atoms. The molecule has 0 aromatic heterocycles. The SMILES string of the molecule is O=[C]N(Cc1ccccc1)C1CCCCC1. The Morgan fingerprint density at radius 2 is 1.81 bits per heavy atom. The molecule has 85 valence electrons. The molecule has 2 heteroatoms. The van der Waals surface area contributed by atoms with E-state index < -0.39 is 0 Å². The standard InChI is InChI=1S/C14H18NO/c16-12-15(14-9-5-2-6-10-14)11-13-7-3-1-4-8-13/h1,3-4,7-8,14H,2,5-6,9-11H2. The summed E-state index contributed by atoms with van der Waals surface area (Å²) in [4.78, 5) is 12.9. The fourth-order valence-corrected chi connectivity index (χ4v) is 2.41. The van der Waals surface area contributed by atoms with Crippen molar-refractivity contribution in [3.63, 3.8) is 0 Å². The van der Waals surface area contributed by atoms with Crippen LogP contribution in [-0.4, -0.2) is 17.4 Å². The number of hydrogen-bond acceptors (Lipinski definition) is 1. The van der Waals surface area contributed by atoms with Crippen LogP contribution in [0.1, 0.15) is 37.7 Å². The molecular formula is C14H18NO. The van der Waals surface area contributed by atoms with Gasteiger partial charge in [0, 0.05) is 12.6 Å². The minimum Gasteiger partial charge on any atom is -0.327 e. The molecule has 1 fully saturated rings. The smallest absolute Gasteiger partial charge is 0.312 e. The summed E-state index contributed by atoms with van der Waals surface area (Å²) in [7, 11) is 0. The molecule has 16 heavy (non-hydrogen) atoms. The van der Waals surface area contributed by atoms with Crippen molar-refractivity contribution in [1.82, 2.24) is 4.90 Å². The van der Waals surface area contributed by atoms with E-state index >= 15 is 0 Å². The van der Waals surface area contributed by atoms with E-state index in [1.807, 2.05) is 23.1 Å². The molecule has 0 unspecified atom stereocenters. The first kappa shape index (κ1) is 11.2. The molecule has 1 aromatic carbocycles. The van der Waals surface area contributed by atoms with E-state index in [4.69, 9.17) is 0 Å². The predicted octanol–water partition coefficient (Wildman–Crippen LogP) is 2.89. The second kappa shape index (κ2) is 5.69. The fourth-order valence-electron chi connectivity index (χ4n) is 2.41. The average Bonchev–Trinajstić information content (AvgIpc) is 2.38. The second-order valence-corrected chi connectivity index (χ2v) is 4.50. The summed E-state index contributed by atoms with van der Waals surface area (Å²) in [6, 6.07) is 10.6. The first-order valence-corrected chi connectivity index (χ1v) is 6.08. The average molecular weight is 216 g/mol. The summed E-state index contributed by atoms with van der Waals surface area (Å²) in [6.45, 7) is 0.703. The third-order valence-electron chi connectivity index (χ3n) is 3.33. The molecule has 1 aromatic rings. The highest BCUT2D eigenvalue weighted by Gasteiger charge is 2.20. The Morgan fingerprint density at radius 3 is 2.44 bits per heavy atom. The first-order valence-electron chi connectivity index (χ1n) is 6.08. The van der Waals surface area contributed by atoms with Crippen LogP contribution >= 0.6 is 0 Å². The number of amides is 1. The number of benzene rings is 1. The van der Waals surface area contributed by atoms with Crippen LogP contribution in [0.3, 0.4) is 0 Å². The van der Waals surface area contributed by atoms with Gasteiger partial charge in [0.25, 0.3) is 0 Å². The molecule has 1 amide bonds. The van der Waals surface area contributed by atoms with Crippen LogP contribution in [0.2, 0.25) is 0 Å². The van der Waals surface area contributed by atoms with Gasteiger partial charge in [-0.2, -0.15) is 0 Å². The van der Waals surface area contributed by atoms with Crippen LogP contribution < -0.4 is 0 Å². The van der Waals surface area contributed by atoms with Crippen LogP contribution in [0.15, 0.2) is 30.3 Å². The van der Waals surface area contributed by atoms with Crippen molar-refractivity contribution in [1.29, 1.82) is 0 Å². The summed E-state index contributed by atoms with van der Waals surface area (Å²) < 4.78 is 0. The van der Waals surface area contributed by atoms with Gasteiger partial charge in [0.2, 0.25) is 0 Å². The van der Waals surface area contributed by atoms with Crippen LogP contribution in [0.5, 0.6) is 0 Å². The van der Waals surface area contributed by atoms with E-state index in [2.05, 4.69) is 18.5 Å². The quantitative estimate of drug-likeness (QED) is 0.709. The Bertz CT molecular complexity index is 317. The van der Waals surface area contributed by atoms with Gasteiger partial charge in [0.05, 0.1) is 0 Å². The van der Waals surface area contributed by atoms with Gasteiger partial charge < -0.3 is 4.90 Å². The Balaban J connectivity index is 1.97. The zero-order valence-corrected chi connectivity index (χ0v) is 9.56. The number of hydrogen-bond donors (Lipinski definition) is 0. The first-order chi connectivity index (χ1) is 7.90. The molecule has 2 rings (SSSR count). The topological polar surface area (TPSA) is 20.3 Å². The maximum Gasteiger partial charge on any atom is 0.312 e. The molecule has 1 aliphatic rings. The lowest BCUT2D eigenvalue weighted by Crippen LogP contribution is -2.35. The maximum atomic E-state index is 11.0. The highest BCUT2D eigenvalue weighted by atomic mass is 16.1. The number of rotatable bonds is 4. The van der Waals surface area contributed by atoms with Crippen LogP contribution in [0.25, 0.3) is 0 Å². The molecular weight excluding hydrogens is 198 g/mol. The monoisotopic (exact) mass is 216 g/mol. The molecule has 0 aliphatic heterocycles. The molecule has 0 spiro atoms. The fraction of sp³-hybridized carbons (Fsp3) is 0.500. The maximum absolute atomic E-state index is 11.0. The van der Waals surface area contributed by atoms with Gasteiger partial charge in [-0.1, -0.05) is 49.6 Å². The van der Waals surface area contributed by atoms with Gasteiger partial charge in [-0.25, -0.2) is 0 Å². The van der Waals surface area contributed by atoms with Crippen LogP contribution in [0.4, 0.5) is 0 Å². The van der Waals surface area contributed by atoms with Gasteiger partial charge in [0.15, 0.2) is 0 Å². The van der Waals surface area contributed by atoms with Crippen molar-refractivity contribution in [2.45, 2.75) is 44.7 Å². The van der Waals surface area contributed by atoms with Crippen molar-refractivity contribution in [3.8, 4) is 0 Å². The van der Waals surface area contributed by atoms with E-state index in [0.29, 0.717) is 12.6 Å². The lowest BCUT2D eigenvalue weighted by atomic mass is 9.94. The summed E-state index contributed by atoms with van der Waals surface area (Å²) in [5.74, 6) is 0. The number of carbonyl (C=O) groups excluding carboxylic acids is 1. The zero-order chi connectivity index (χ0) is 11.2. The molecule has 1 saturated carbocycles. The van der Waals surface area contributed by atoms with Crippen LogP contribution in [-0.2, 0) is 11.3 Å². The molecule has 0 heterocycles. The predicted molar refractivity (Wildman–Crippen MR) is 64.6 cm³/mol. The zero-order valence-electron chi connectivity index (χ0n) is 9.56. The molecule has 0 atom stereocenters. The largest absolute Gasteiger partial charge is 0.327 e. The number of nitrogens with zero attached hydrogens (tertiary/aromatic N) is 1. The molecule has 1 radical (unpaired) electrons. The highest BCUT2D eigenvalue weighted by Crippen LogP contribution is 2.22. The Kier molecular flexibility index (Phi) is 3.97.